The molecule has 0 radical (unpaired) electrons. The van der Waals surface area contributed by atoms with Crippen LogP contribution in [0.5, 0.6) is 0 Å². The smallest absolute Gasteiger partial charge is 0.268 e. The van der Waals surface area contributed by atoms with Crippen LogP contribution < -0.4 is 5.32 Å². The Bertz CT molecular complexity index is 575. The molecule has 1 atom stereocenters. The maximum absolute atomic E-state index is 12.5. The summed E-state index contributed by atoms with van der Waals surface area (Å²) in [7, 11) is 0. The summed E-state index contributed by atoms with van der Waals surface area (Å²) in [5.41, 5.74) is 0.696. The fourth-order valence-electron chi connectivity index (χ4n) is 2.15. The molecule has 5 heteroatoms. The minimum absolute atomic E-state index is 0.0235. The van der Waals surface area contributed by atoms with Crippen molar-refractivity contribution < 1.29 is 4.79 Å². The van der Waals surface area contributed by atoms with E-state index in [2.05, 4.69) is 48.1 Å². The summed E-state index contributed by atoms with van der Waals surface area (Å²) in [6.07, 6.45) is 2.83. The highest BCUT2D eigenvalue weighted by molar-refractivity contribution is 9.10. The molecular weight excluding hydrogens is 336 g/mol. The topological polar surface area (TPSA) is 34.0 Å². The second-order valence-electron chi connectivity index (χ2n) is 4.99. The monoisotopic (exact) mass is 354 g/mol. The minimum atomic E-state index is -0.0235. The Kier molecular flexibility index (Phi) is 5.05. The molecule has 3 nitrogen and oxygen atoms in total. The Balaban J connectivity index is 2.19. The summed E-state index contributed by atoms with van der Waals surface area (Å²) in [5, 5.41) is 5.16. The highest BCUT2D eigenvalue weighted by Crippen LogP contribution is 2.24. The fourth-order valence-corrected chi connectivity index (χ4v) is 3.45. The Morgan fingerprint density at radius 1 is 1.50 bits per heavy atom. The van der Waals surface area contributed by atoms with Gasteiger partial charge in [-0.3, -0.25) is 4.79 Å². The molecule has 0 aliphatic carbocycles. The molecule has 2 heterocycles. The second kappa shape index (κ2) is 6.59. The number of nitrogens with zero attached hydrogens (tertiary/aromatic N) is 1. The maximum atomic E-state index is 12.5. The van der Waals surface area contributed by atoms with Crippen LogP contribution in [0.2, 0.25) is 0 Å². The number of hydrogen-bond donors (Lipinski definition) is 1. The summed E-state index contributed by atoms with van der Waals surface area (Å²) in [5.74, 6) is -0.0235. The molecule has 2 rings (SSSR count). The van der Waals surface area contributed by atoms with E-state index < -0.39 is 0 Å². The molecular formula is C15H19BrN2OS. The number of amides is 1. The molecule has 0 bridgehead atoms. The number of rotatable bonds is 5. The third-order valence-electron chi connectivity index (χ3n) is 3.20. The molecule has 2 aromatic rings. The predicted molar refractivity (Wildman–Crippen MR) is 87.3 cm³/mol. The zero-order valence-corrected chi connectivity index (χ0v) is 14.3. The van der Waals surface area contributed by atoms with Gasteiger partial charge in [-0.25, -0.2) is 0 Å². The van der Waals surface area contributed by atoms with Gasteiger partial charge in [0.2, 0.25) is 0 Å². The fraction of sp³-hybridized carbons (Fsp3) is 0.400. The SMILES string of the molecule is CCC(NC(=O)c1cc(Br)cn1C(C)C)c1cccs1. The van der Waals surface area contributed by atoms with Crippen molar-refractivity contribution in [3.05, 3.63) is 44.8 Å². The van der Waals surface area contributed by atoms with Gasteiger partial charge < -0.3 is 9.88 Å². The van der Waals surface area contributed by atoms with Crippen LogP contribution in [0.4, 0.5) is 0 Å². The number of nitrogens with one attached hydrogen (secondary N) is 1. The minimum Gasteiger partial charge on any atom is -0.343 e. The van der Waals surface area contributed by atoms with Crippen molar-refractivity contribution in [2.75, 3.05) is 0 Å². The van der Waals surface area contributed by atoms with Gasteiger partial charge in [0.05, 0.1) is 6.04 Å². The largest absolute Gasteiger partial charge is 0.343 e. The van der Waals surface area contributed by atoms with E-state index in [-0.39, 0.29) is 18.0 Å². The van der Waals surface area contributed by atoms with E-state index in [0.717, 1.165) is 10.9 Å². The number of carbonyl (C=O) groups excluding carboxylic acids is 1. The summed E-state index contributed by atoms with van der Waals surface area (Å²) in [4.78, 5) is 13.7. The van der Waals surface area contributed by atoms with Gasteiger partial charge in [0.1, 0.15) is 5.69 Å². The lowest BCUT2D eigenvalue weighted by Crippen LogP contribution is -2.29. The molecule has 0 spiro atoms. The van der Waals surface area contributed by atoms with Crippen LogP contribution in [0.1, 0.15) is 54.6 Å². The normalized spacial score (nSPS) is 12.7. The van der Waals surface area contributed by atoms with Gasteiger partial charge >= 0.3 is 0 Å². The van der Waals surface area contributed by atoms with Gasteiger partial charge in [0.15, 0.2) is 0 Å². The van der Waals surface area contributed by atoms with Crippen LogP contribution in [0.25, 0.3) is 0 Å². The van der Waals surface area contributed by atoms with Crippen molar-refractivity contribution in [3.63, 3.8) is 0 Å². The van der Waals surface area contributed by atoms with Crippen LogP contribution in [-0.2, 0) is 0 Å². The summed E-state index contributed by atoms with van der Waals surface area (Å²) in [6.45, 7) is 6.22. The number of carbonyl (C=O) groups is 1. The third-order valence-corrected chi connectivity index (χ3v) is 4.62. The molecule has 1 amide bonds. The van der Waals surface area contributed by atoms with Crippen LogP contribution in [0.3, 0.4) is 0 Å². The van der Waals surface area contributed by atoms with E-state index >= 15 is 0 Å². The van der Waals surface area contributed by atoms with Crippen molar-refractivity contribution >= 4 is 33.2 Å². The van der Waals surface area contributed by atoms with E-state index in [9.17, 15) is 4.79 Å². The average molecular weight is 355 g/mol. The number of thiophene rings is 1. The number of hydrogen-bond acceptors (Lipinski definition) is 2. The molecule has 20 heavy (non-hydrogen) atoms. The molecule has 1 N–H and O–H groups in total. The molecule has 0 fully saturated rings. The van der Waals surface area contributed by atoms with E-state index in [1.54, 1.807) is 11.3 Å². The molecule has 0 aliphatic heterocycles. The van der Waals surface area contributed by atoms with E-state index in [0.29, 0.717) is 5.69 Å². The first-order valence-electron chi connectivity index (χ1n) is 6.74. The highest BCUT2D eigenvalue weighted by Gasteiger charge is 2.19. The predicted octanol–water partition coefficient (Wildman–Crippen LogP) is 4.77. The lowest BCUT2D eigenvalue weighted by molar-refractivity contribution is 0.0925. The molecule has 0 aliphatic rings. The highest BCUT2D eigenvalue weighted by atomic mass is 79.9. The average Bonchev–Trinajstić information content (AvgIpc) is 3.04. The molecule has 1 unspecified atom stereocenters. The van der Waals surface area contributed by atoms with Gasteiger partial charge in [0.25, 0.3) is 5.91 Å². The van der Waals surface area contributed by atoms with Crippen molar-refractivity contribution in [2.45, 2.75) is 39.3 Å². The molecule has 0 aromatic carbocycles. The molecule has 108 valence electrons. The van der Waals surface area contributed by atoms with Crippen molar-refractivity contribution in [3.8, 4) is 0 Å². The van der Waals surface area contributed by atoms with Gasteiger partial charge in [-0.1, -0.05) is 13.0 Å². The van der Waals surface area contributed by atoms with Crippen molar-refractivity contribution in [2.24, 2.45) is 0 Å². The van der Waals surface area contributed by atoms with E-state index in [1.807, 2.05) is 28.3 Å². The first-order valence-corrected chi connectivity index (χ1v) is 8.41. The third kappa shape index (κ3) is 3.33. The summed E-state index contributed by atoms with van der Waals surface area (Å²) < 4.78 is 2.92. The number of halogens is 1. The van der Waals surface area contributed by atoms with Gasteiger partial charge in [-0.15, -0.1) is 11.3 Å². The Labute approximate surface area is 132 Å². The molecule has 0 saturated carbocycles. The van der Waals surface area contributed by atoms with Crippen LogP contribution in [-0.4, -0.2) is 10.5 Å². The first-order chi connectivity index (χ1) is 9.52. The van der Waals surface area contributed by atoms with E-state index in [4.69, 9.17) is 0 Å². The standard InChI is InChI=1S/C15H19BrN2OS/c1-4-12(14-6-5-7-20-14)17-15(19)13-8-11(16)9-18(13)10(2)3/h5-10,12H,4H2,1-3H3,(H,17,19). The van der Waals surface area contributed by atoms with Gasteiger partial charge in [-0.05, 0) is 53.7 Å². The first kappa shape index (κ1) is 15.3. The zero-order valence-electron chi connectivity index (χ0n) is 11.9. The summed E-state index contributed by atoms with van der Waals surface area (Å²) >= 11 is 5.12. The lowest BCUT2D eigenvalue weighted by Gasteiger charge is -2.17. The zero-order chi connectivity index (χ0) is 14.7. The lowest BCUT2D eigenvalue weighted by atomic mass is 10.2. The second-order valence-corrected chi connectivity index (χ2v) is 6.89. The maximum Gasteiger partial charge on any atom is 0.268 e. The number of aromatic nitrogens is 1. The Hall–Kier alpha value is -1.07. The molecule has 0 saturated heterocycles. The van der Waals surface area contributed by atoms with Crippen molar-refractivity contribution in [1.82, 2.24) is 9.88 Å². The van der Waals surface area contributed by atoms with Crippen LogP contribution in [0, 0.1) is 0 Å². The van der Waals surface area contributed by atoms with Crippen molar-refractivity contribution in [1.29, 1.82) is 0 Å². The van der Waals surface area contributed by atoms with E-state index in [1.165, 1.54) is 4.88 Å². The Morgan fingerprint density at radius 2 is 2.25 bits per heavy atom. The van der Waals surface area contributed by atoms with Crippen LogP contribution in [0.15, 0.2) is 34.2 Å². The summed E-state index contributed by atoms with van der Waals surface area (Å²) in [6, 6.07) is 6.29. The quantitative estimate of drug-likeness (QED) is 0.823. The molecule has 2 aromatic heterocycles. The van der Waals surface area contributed by atoms with Gasteiger partial charge in [0, 0.05) is 21.6 Å². The van der Waals surface area contributed by atoms with Crippen LogP contribution >= 0.6 is 27.3 Å². The Morgan fingerprint density at radius 3 is 2.80 bits per heavy atom. The van der Waals surface area contributed by atoms with Gasteiger partial charge in [-0.2, -0.15) is 0 Å².